The second-order valence-electron chi connectivity index (χ2n) is 6.43. The highest BCUT2D eigenvalue weighted by Gasteiger charge is 2.40. The average molecular weight is 412 g/mol. The van der Waals surface area contributed by atoms with E-state index >= 15 is 0 Å². The number of rotatable bonds is 4. The summed E-state index contributed by atoms with van der Waals surface area (Å²) in [5.41, 5.74) is -0.458. The van der Waals surface area contributed by atoms with Crippen molar-refractivity contribution < 1.29 is 18.0 Å². The highest BCUT2D eigenvalue weighted by molar-refractivity contribution is 6.05. The molecule has 0 aliphatic heterocycles. The lowest BCUT2D eigenvalue weighted by Gasteiger charge is -2.13. The quantitative estimate of drug-likeness (QED) is 0.551. The molecule has 0 atom stereocenters. The molecule has 152 valence electrons. The third-order valence-corrected chi connectivity index (χ3v) is 4.28. The van der Waals surface area contributed by atoms with Gasteiger partial charge in [0.05, 0.1) is 17.4 Å². The van der Waals surface area contributed by atoms with E-state index < -0.39 is 23.3 Å². The zero-order chi connectivity index (χ0) is 21.3. The number of halogens is 3. The first kappa shape index (κ1) is 19.4. The van der Waals surface area contributed by atoms with E-state index in [1.54, 1.807) is 60.5 Å². The van der Waals surface area contributed by atoms with E-state index in [0.29, 0.717) is 21.8 Å². The summed E-state index contributed by atoms with van der Waals surface area (Å²) < 4.78 is 43.4. The summed E-state index contributed by atoms with van der Waals surface area (Å²) in [5, 5.41) is 10.4. The molecule has 2 aromatic carbocycles. The number of aryl methyl sites for hydroxylation is 1. The molecule has 0 aliphatic rings. The summed E-state index contributed by atoms with van der Waals surface area (Å²) in [7, 11) is 1.74. The van der Waals surface area contributed by atoms with Crippen LogP contribution in [0, 0.1) is 0 Å². The zero-order valence-corrected chi connectivity index (χ0v) is 15.6. The molecule has 30 heavy (non-hydrogen) atoms. The molecule has 0 spiro atoms. The first-order valence-corrected chi connectivity index (χ1v) is 8.81. The van der Waals surface area contributed by atoms with Crippen LogP contribution < -0.4 is 5.32 Å². The molecule has 0 saturated heterocycles. The topological polar surface area (TPSA) is 77.6 Å². The highest BCUT2D eigenvalue weighted by atomic mass is 19.4. The Morgan fingerprint density at radius 1 is 1.03 bits per heavy atom. The second-order valence-corrected chi connectivity index (χ2v) is 6.43. The zero-order valence-electron chi connectivity index (χ0n) is 15.6. The van der Waals surface area contributed by atoms with Gasteiger partial charge in [-0.2, -0.15) is 23.4 Å². The molecule has 2 aromatic heterocycles. The number of amides is 1. The van der Waals surface area contributed by atoms with Crippen molar-refractivity contribution in [3.8, 4) is 17.1 Å². The van der Waals surface area contributed by atoms with Crippen LogP contribution >= 0.6 is 0 Å². The minimum atomic E-state index is -4.77. The van der Waals surface area contributed by atoms with Crippen LogP contribution in [-0.2, 0) is 13.2 Å². The standard InChI is InChI=1S/C20H15F3N6O/c1-28-12-24-18(27-28)13-7-9-14(10-8-13)26-19(30)16-11-25-29(17(16)20(21,22)23)15-5-3-2-4-6-15/h2-12H,1H3,(H,26,30). The van der Waals surface area contributed by atoms with Gasteiger partial charge >= 0.3 is 6.18 Å². The number of aromatic nitrogens is 5. The number of anilines is 1. The van der Waals surface area contributed by atoms with Gasteiger partial charge in [-0.1, -0.05) is 18.2 Å². The minimum Gasteiger partial charge on any atom is -0.322 e. The fourth-order valence-corrected chi connectivity index (χ4v) is 2.92. The average Bonchev–Trinajstić information content (AvgIpc) is 3.36. The Labute approximate surface area is 168 Å². The largest absolute Gasteiger partial charge is 0.434 e. The Bertz CT molecular complexity index is 1180. The molecule has 0 fully saturated rings. The van der Waals surface area contributed by atoms with Crippen LogP contribution in [0.25, 0.3) is 17.1 Å². The lowest BCUT2D eigenvalue weighted by molar-refractivity contribution is -0.143. The monoisotopic (exact) mass is 412 g/mol. The van der Waals surface area contributed by atoms with Gasteiger partial charge in [-0.15, -0.1) is 0 Å². The van der Waals surface area contributed by atoms with E-state index in [1.165, 1.54) is 12.1 Å². The lowest BCUT2D eigenvalue weighted by Crippen LogP contribution is -2.20. The fourth-order valence-electron chi connectivity index (χ4n) is 2.92. The molecular weight excluding hydrogens is 397 g/mol. The Balaban J connectivity index is 1.61. The molecule has 0 unspecified atom stereocenters. The number of para-hydroxylation sites is 1. The Hall–Kier alpha value is -3.95. The van der Waals surface area contributed by atoms with Crippen molar-refractivity contribution in [3.63, 3.8) is 0 Å². The van der Waals surface area contributed by atoms with Crippen molar-refractivity contribution in [3.05, 3.63) is 78.4 Å². The molecule has 0 saturated carbocycles. The van der Waals surface area contributed by atoms with Gasteiger partial charge < -0.3 is 5.32 Å². The molecule has 7 nitrogen and oxygen atoms in total. The van der Waals surface area contributed by atoms with Gasteiger partial charge in [0.15, 0.2) is 11.5 Å². The number of carbonyl (C=O) groups excluding carboxylic acids is 1. The summed E-state index contributed by atoms with van der Waals surface area (Å²) in [6.07, 6.45) is -2.31. The number of alkyl halides is 3. The Morgan fingerprint density at radius 3 is 2.33 bits per heavy atom. The van der Waals surface area contributed by atoms with Gasteiger partial charge in [0.2, 0.25) is 0 Å². The number of carbonyl (C=O) groups is 1. The number of hydrogen-bond donors (Lipinski definition) is 1. The number of hydrogen-bond acceptors (Lipinski definition) is 4. The summed E-state index contributed by atoms with van der Waals surface area (Å²) in [4.78, 5) is 16.7. The number of nitrogens with zero attached hydrogens (tertiary/aromatic N) is 5. The van der Waals surface area contributed by atoms with E-state index in [0.717, 1.165) is 6.20 Å². The second kappa shape index (κ2) is 7.47. The van der Waals surface area contributed by atoms with Gasteiger partial charge in [-0.25, -0.2) is 9.67 Å². The van der Waals surface area contributed by atoms with Gasteiger partial charge in [0.1, 0.15) is 6.33 Å². The molecule has 4 aromatic rings. The van der Waals surface area contributed by atoms with Crippen LogP contribution in [0.5, 0.6) is 0 Å². The number of nitrogens with one attached hydrogen (secondary N) is 1. The van der Waals surface area contributed by atoms with Gasteiger partial charge in [-0.3, -0.25) is 9.48 Å². The van der Waals surface area contributed by atoms with Crippen molar-refractivity contribution in [2.75, 3.05) is 5.32 Å². The van der Waals surface area contributed by atoms with Crippen molar-refractivity contribution in [1.29, 1.82) is 0 Å². The Morgan fingerprint density at radius 2 is 1.73 bits per heavy atom. The van der Waals surface area contributed by atoms with E-state index in [9.17, 15) is 18.0 Å². The van der Waals surface area contributed by atoms with Crippen molar-refractivity contribution in [1.82, 2.24) is 24.5 Å². The van der Waals surface area contributed by atoms with E-state index in [1.807, 2.05) is 0 Å². The van der Waals surface area contributed by atoms with Crippen LogP contribution in [-0.4, -0.2) is 30.5 Å². The maximum atomic E-state index is 13.7. The van der Waals surface area contributed by atoms with Crippen LogP contribution in [0.15, 0.2) is 67.1 Å². The van der Waals surface area contributed by atoms with Crippen LogP contribution in [0.2, 0.25) is 0 Å². The fraction of sp³-hybridized carbons (Fsp3) is 0.100. The minimum absolute atomic E-state index is 0.205. The van der Waals surface area contributed by atoms with Gasteiger partial charge in [0, 0.05) is 18.3 Å². The third-order valence-electron chi connectivity index (χ3n) is 4.28. The van der Waals surface area contributed by atoms with Crippen LogP contribution in [0.4, 0.5) is 18.9 Å². The molecular formula is C20H15F3N6O. The first-order valence-electron chi connectivity index (χ1n) is 8.81. The summed E-state index contributed by atoms with van der Waals surface area (Å²) in [6, 6.07) is 14.3. The van der Waals surface area contributed by atoms with Gasteiger partial charge in [-0.05, 0) is 36.4 Å². The highest BCUT2D eigenvalue weighted by Crippen LogP contribution is 2.34. The SMILES string of the molecule is Cn1cnc(-c2ccc(NC(=O)c3cnn(-c4ccccc4)c3C(F)(F)F)cc2)n1. The summed E-state index contributed by atoms with van der Waals surface area (Å²) in [5.74, 6) is -0.410. The van der Waals surface area contributed by atoms with Gasteiger partial charge in [0.25, 0.3) is 5.91 Å². The smallest absolute Gasteiger partial charge is 0.322 e. The Kier molecular flexibility index (Phi) is 4.82. The molecule has 1 amide bonds. The normalized spacial score (nSPS) is 11.5. The molecule has 0 bridgehead atoms. The maximum absolute atomic E-state index is 13.7. The molecule has 1 N–H and O–H groups in total. The first-order chi connectivity index (χ1) is 14.3. The lowest BCUT2D eigenvalue weighted by atomic mass is 10.1. The predicted octanol–water partition coefficient (Wildman–Crippen LogP) is 3.94. The third kappa shape index (κ3) is 3.79. The van der Waals surface area contributed by atoms with E-state index in [4.69, 9.17) is 0 Å². The van der Waals surface area contributed by atoms with Crippen molar-refractivity contribution >= 4 is 11.6 Å². The van der Waals surface area contributed by atoms with Crippen LogP contribution in [0.1, 0.15) is 16.1 Å². The number of benzene rings is 2. The maximum Gasteiger partial charge on any atom is 0.434 e. The molecule has 0 aliphatic carbocycles. The molecule has 10 heteroatoms. The predicted molar refractivity (Wildman–Crippen MR) is 103 cm³/mol. The summed E-state index contributed by atoms with van der Waals surface area (Å²) in [6.45, 7) is 0. The summed E-state index contributed by atoms with van der Waals surface area (Å²) >= 11 is 0. The van der Waals surface area contributed by atoms with Crippen molar-refractivity contribution in [2.24, 2.45) is 7.05 Å². The molecule has 4 rings (SSSR count). The van der Waals surface area contributed by atoms with Crippen LogP contribution in [0.3, 0.4) is 0 Å². The molecule has 0 radical (unpaired) electrons. The van der Waals surface area contributed by atoms with E-state index in [2.05, 4.69) is 20.5 Å². The molecule has 2 heterocycles. The van der Waals surface area contributed by atoms with E-state index in [-0.39, 0.29) is 5.69 Å². The van der Waals surface area contributed by atoms with Crippen molar-refractivity contribution in [2.45, 2.75) is 6.18 Å².